The molecular weight excluding hydrogens is 214 g/mol. The lowest BCUT2D eigenvalue weighted by molar-refractivity contribution is -0.146. The molecule has 1 aliphatic heterocycles. The van der Waals surface area contributed by atoms with Gasteiger partial charge in [0.05, 0.1) is 18.7 Å². The maximum atomic E-state index is 11.7. The number of amides is 1. The SMILES string of the molecule is Cc1ccc(C=CC(=O)N2CC(C)(O)C2)cc1. The summed E-state index contributed by atoms with van der Waals surface area (Å²) in [5.74, 6) is -0.0444. The van der Waals surface area contributed by atoms with Crippen molar-refractivity contribution in [1.82, 2.24) is 4.90 Å². The van der Waals surface area contributed by atoms with E-state index >= 15 is 0 Å². The number of carbonyl (C=O) groups excluding carboxylic acids is 1. The summed E-state index contributed by atoms with van der Waals surface area (Å²) in [6.07, 6.45) is 3.36. The van der Waals surface area contributed by atoms with Crippen LogP contribution in [-0.4, -0.2) is 34.6 Å². The second-order valence-corrected chi connectivity index (χ2v) is 4.94. The Morgan fingerprint density at radius 3 is 2.47 bits per heavy atom. The molecule has 1 saturated heterocycles. The molecule has 90 valence electrons. The van der Waals surface area contributed by atoms with Crippen LogP contribution >= 0.6 is 0 Å². The molecule has 1 amide bonds. The predicted molar refractivity (Wildman–Crippen MR) is 67.4 cm³/mol. The summed E-state index contributed by atoms with van der Waals surface area (Å²) < 4.78 is 0. The van der Waals surface area contributed by atoms with Crippen LogP contribution in [0.2, 0.25) is 0 Å². The number of aryl methyl sites for hydroxylation is 1. The van der Waals surface area contributed by atoms with E-state index in [2.05, 4.69) is 0 Å². The molecule has 1 aromatic carbocycles. The lowest BCUT2D eigenvalue weighted by Gasteiger charge is -2.43. The van der Waals surface area contributed by atoms with Crippen LogP contribution in [0, 0.1) is 6.92 Å². The highest BCUT2D eigenvalue weighted by molar-refractivity contribution is 5.92. The lowest BCUT2D eigenvalue weighted by atomic mass is 9.97. The summed E-state index contributed by atoms with van der Waals surface area (Å²) in [5.41, 5.74) is 1.51. The highest BCUT2D eigenvalue weighted by Gasteiger charge is 2.38. The van der Waals surface area contributed by atoms with E-state index in [1.807, 2.05) is 31.2 Å². The van der Waals surface area contributed by atoms with Crippen molar-refractivity contribution in [2.75, 3.05) is 13.1 Å². The highest BCUT2D eigenvalue weighted by Crippen LogP contribution is 2.20. The van der Waals surface area contributed by atoms with Gasteiger partial charge in [-0.25, -0.2) is 0 Å². The molecule has 1 fully saturated rings. The van der Waals surface area contributed by atoms with Gasteiger partial charge in [0.25, 0.3) is 0 Å². The average Bonchev–Trinajstić information content (AvgIpc) is 2.24. The summed E-state index contributed by atoms with van der Waals surface area (Å²) >= 11 is 0. The molecule has 0 radical (unpaired) electrons. The Hall–Kier alpha value is -1.61. The molecule has 17 heavy (non-hydrogen) atoms. The van der Waals surface area contributed by atoms with Crippen LogP contribution in [0.3, 0.4) is 0 Å². The fraction of sp³-hybridized carbons (Fsp3) is 0.357. The topological polar surface area (TPSA) is 40.5 Å². The molecule has 0 atom stereocenters. The Morgan fingerprint density at radius 1 is 1.35 bits per heavy atom. The van der Waals surface area contributed by atoms with Crippen molar-refractivity contribution in [3.05, 3.63) is 41.5 Å². The van der Waals surface area contributed by atoms with Crippen molar-refractivity contribution in [2.45, 2.75) is 19.4 Å². The number of likely N-dealkylation sites (tertiary alicyclic amines) is 1. The fourth-order valence-corrected chi connectivity index (χ4v) is 1.88. The lowest BCUT2D eigenvalue weighted by Crippen LogP contribution is -2.61. The van der Waals surface area contributed by atoms with Gasteiger partial charge in [-0.2, -0.15) is 0 Å². The zero-order chi connectivity index (χ0) is 12.5. The Bertz CT molecular complexity index is 438. The van der Waals surface area contributed by atoms with Gasteiger partial charge >= 0.3 is 0 Å². The van der Waals surface area contributed by atoms with Gasteiger partial charge in [0, 0.05) is 6.08 Å². The molecular formula is C14H17NO2. The number of carbonyl (C=O) groups is 1. The minimum Gasteiger partial charge on any atom is -0.386 e. The van der Waals surface area contributed by atoms with Gasteiger partial charge in [-0.3, -0.25) is 4.79 Å². The average molecular weight is 231 g/mol. The molecule has 0 aliphatic carbocycles. The number of aliphatic hydroxyl groups is 1. The minimum absolute atomic E-state index is 0.0444. The predicted octanol–water partition coefficient (Wildman–Crippen LogP) is 1.60. The quantitative estimate of drug-likeness (QED) is 0.785. The van der Waals surface area contributed by atoms with Crippen molar-refractivity contribution >= 4 is 12.0 Å². The number of benzene rings is 1. The van der Waals surface area contributed by atoms with E-state index < -0.39 is 5.60 Å². The third kappa shape index (κ3) is 2.94. The Morgan fingerprint density at radius 2 is 1.94 bits per heavy atom. The van der Waals surface area contributed by atoms with E-state index in [9.17, 15) is 9.90 Å². The minimum atomic E-state index is -0.701. The first-order valence-electron chi connectivity index (χ1n) is 5.72. The normalized spacial score (nSPS) is 18.2. The van der Waals surface area contributed by atoms with Crippen molar-refractivity contribution in [3.8, 4) is 0 Å². The molecule has 0 bridgehead atoms. The maximum absolute atomic E-state index is 11.7. The molecule has 0 saturated carbocycles. The fourth-order valence-electron chi connectivity index (χ4n) is 1.88. The van der Waals surface area contributed by atoms with Crippen LogP contribution in [0.25, 0.3) is 6.08 Å². The highest BCUT2D eigenvalue weighted by atomic mass is 16.3. The van der Waals surface area contributed by atoms with Crippen LogP contribution in [0.4, 0.5) is 0 Å². The second kappa shape index (κ2) is 4.34. The molecule has 0 spiro atoms. The van der Waals surface area contributed by atoms with E-state index in [1.165, 1.54) is 5.56 Å². The van der Waals surface area contributed by atoms with Crippen LogP contribution in [0.5, 0.6) is 0 Å². The number of hydrogen-bond donors (Lipinski definition) is 1. The first-order valence-corrected chi connectivity index (χ1v) is 5.72. The zero-order valence-corrected chi connectivity index (χ0v) is 10.2. The molecule has 0 aromatic heterocycles. The summed E-state index contributed by atoms with van der Waals surface area (Å²) in [6, 6.07) is 7.98. The molecule has 2 rings (SSSR count). The van der Waals surface area contributed by atoms with Crippen LogP contribution in [-0.2, 0) is 4.79 Å². The number of nitrogens with zero attached hydrogens (tertiary/aromatic N) is 1. The summed E-state index contributed by atoms with van der Waals surface area (Å²) in [6.45, 7) is 4.61. The third-order valence-electron chi connectivity index (χ3n) is 2.87. The molecule has 1 N–H and O–H groups in total. The Balaban J connectivity index is 1.93. The van der Waals surface area contributed by atoms with Crippen molar-refractivity contribution < 1.29 is 9.90 Å². The van der Waals surface area contributed by atoms with Gasteiger partial charge in [-0.15, -0.1) is 0 Å². The maximum Gasteiger partial charge on any atom is 0.246 e. The molecule has 1 heterocycles. The van der Waals surface area contributed by atoms with Gasteiger partial charge in [0.1, 0.15) is 0 Å². The Labute approximate surface area is 101 Å². The number of rotatable bonds is 2. The van der Waals surface area contributed by atoms with Gasteiger partial charge in [-0.1, -0.05) is 29.8 Å². The largest absolute Gasteiger partial charge is 0.386 e. The van der Waals surface area contributed by atoms with Crippen molar-refractivity contribution in [2.24, 2.45) is 0 Å². The van der Waals surface area contributed by atoms with E-state index in [0.717, 1.165) is 5.56 Å². The molecule has 3 heteroatoms. The Kier molecular flexibility index (Phi) is 3.03. The first-order chi connectivity index (χ1) is 7.96. The monoisotopic (exact) mass is 231 g/mol. The van der Waals surface area contributed by atoms with Crippen LogP contribution in [0.15, 0.2) is 30.3 Å². The summed E-state index contributed by atoms with van der Waals surface area (Å²) in [7, 11) is 0. The second-order valence-electron chi connectivity index (χ2n) is 4.94. The molecule has 1 aliphatic rings. The van der Waals surface area contributed by atoms with Gasteiger partial charge in [0.2, 0.25) is 5.91 Å². The van der Waals surface area contributed by atoms with Crippen LogP contribution < -0.4 is 0 Å². The van der Waals surface area contributed by atoms with E-state index in [-0.39, 0.29) is 5.91 Å². The van der Waals surface area contributed by atoms with Crippen molar-refractivity contribution in [3.63, 3.8) is 0 Å². The summed E-state index contributed by atoms with van der Waals surface area (Å²) in [4.78, 5) is 13.3. The van der Waals surface area contributed by atoms with Gasteiger partial charge < -0.3 is 10.0 Å². The molecule has 0 unspecified atom stereocenters. The van der Waals surface area contributed by atoms with E-state index in [0.29, 0.717) is 13.1 Å². The number of β-amino-alcohol motifs (C(OH)–C–C–N with tert-alkyl or cyclic N) is 1. The smallest absolute Gasteiger partial charge is 0.246 e. The van der Waals surface area contributed by atoms with Gasteiger partial charge in [-0.05, 0) is 25.5 Å². The van der Waals surface area contributed by atoms with E-state index in [1.54, 1.807) is 24.0 Å². The standard InChI is InChI=1S/C14H17NO2/c1-11-3-5-12(6-4-11)7-8-13(16)15-9-14(2,17)10-15/h3-8,17H,9-10H2,1-2H3. The number of hydrogen-bond acceptors (Lipinski definition) is 2. The third-order valence-corrected chi connectivity index (χ3v) is 2.87. The first kappa shape index (κ1) is 11.9. The van der Waals surface area contributed by atoms with Crippen LogP contribution in [0.1, 0.15) is 18.1 Å². The zero-order valence-electron chi connectivity index (χ0n) is 10.2. The molecule has 3 nitrogen and oxygen atoms in total. The van der Waals surface area contributed by atoms with Gasteiger partial charge in [0.15, 0.2) is 0 Å². The molecule has 1 aromatic rings. The van der Waals surface area contributed by atoms with E-state index in [4.69, 9.17) is 0 Å². The van der Waals surface area contributed by atoms with Crippen molar-refractivity contribution in [1.29, 1.82) is 0 Å². The summed E-state index contributed by atoms with van der Waals surface area (Å²) in [5, 5.41) is 9.53.